The van der Waals surface area contributed by atoms with Crippen LogP contribution in [0.2, 0.25) is 0 Å². The number of hydrogen-bond acceptors (Lipinski definition) is 6. The van der Waals surface area contributed by atoms with Crippen molar-refractivity contribution in [2.75, 3.05) is 14.2 Å². The number of methoxy groups -OCH3 is 2. The van der Waals surface area contributed by atoms with Gasteiger partial charge in [0.15, 0.2) is 12.1 Å². The molecular weight excluding hydrogens is 324 g/mol. The fraction of sp³-hybridized carbons (Fsp3) is 0.789. The summed E-state index contributed by atoms with van der Waals surface area (Å²) in [6.45, 7) is 3.59. The maximum Gasteiger partial charge on any atom is 0.164 e. The largest absolute Gasteiger partial charge is 0.386 e. The van der Waals surface area contributed by atoms with Crippen LogP contribution in [0.3, 0.4) is 0 Å². The number of hydrogen-bond donors (Lipinski definition) is 2. The lowest BCUT2D eigenvalue weighted by molar-refractivity contribution is -0.167. The summed E-state index contributed by atoms with van der Waals surface area (Å²) < 4.78 is 22.2. The molecule has 1 fully saturated rings. The number of fused-ring (bicyclic) bond motifs is 1. The first-order chi connectivity index (χ1) is 11.8. The topological polar surface area (TPSA) is 77.4 Å². The maximum atomic E-state index is 10.5. The summed E-state index contributed by atoms with van der Waals surface area (Å²) in [6.07, 6.45) is 9.50. The van der Waals surface area contributed by atoms with E-state index in [-0.39, 0.29) is 6.29 Å². The summed E-state index contributed by atoms with van der Waals surface area (Å²) >= 11 is 0. The SMILES string of the molecule is COC(CCCCC/C=C\[C@@]12OC(C)(C)O[C@@H]1[C@@H](O)C=C[C@H]2O)OC. The van der Waals surface area contributed by atoms with Gasteiger partial charge in [0.25, 0.3) is 0 Å². The summed E-state index contributed by atoms with van der Waals surface area (Å²) in [5, 5.41) is 20.7. The van der Waals surface area contributed by atoms with E-state index in [1.165, 1.54) is 0 Å². The molecule has 0 aromatic heterocycles. The highest BCUT2D eigenvalue weighted by Gasteiger charge is 2.58. The Bertz CT molecular complexity index is 471. The van der Waals surface area contributed by atoms with Crippen LogP contribution in [0.25, 0.3) is 0 Å². The van der Waals surface area contributed by atoms with Crippen molar-refractivity contribution in [3.05, 3.63) is 24.3 Å². The molecule has 2 aliphatic rings. The Kier molecular flexibility index (Phi) is 7.19. The van der Waals surface area contributed by atoms with E-state index >= 15 is 0 Å². The molecule has 4 atom stereocenters. The van der Waals surface area contributed by atoms with Crippen molar-refractivity contribution in [2.45, 2.75) is 81.9 Å². The van der Waals surface area contributed by atoms with Gasteiger partial charge in [0.2, 0.25) is 0 Å². The van der Waals surface area contributed by atoms with Crippen LogP contribution < -0.4 is 0 Å². The molecule has 0 aromatic carbocycles. The summed E-state index contributed by atoms with van der Waals surface area (Å²) in [4.78, 5) is 0. The van der Waals surface area contributed by atoms with E-state index in [4.69, 9.17) is 18.9 Å². The van der Waals surface area contributed by atoms with E-state index in [0.717, 1.165) is 32.1 Å². The smallest absolute Gasteiger partial charge is 0.164 e. The van der Waals surface area contributed by atoms with Crippen molar-refractivity contribution in [2.24, 2.45) is 0 Å². The fourth-order valence-corrected chi connectivity index (χ4v) is 3.52. The molecule has 0 saturated carbocycles. The van der Waals surface area contributed by atoms with E-state index in [9.17, 15) is 10.2 Å². The van der Waals surface area contributed by atoms with Crippen LogP contribution in [-0.2, 0) is 18.9 Å². The zero-order valence-electron chi connectivity index (χ0n) is 15.7. The molecule has 144 valence electrons. The van der Waals surface area contributed by atoms with Gasteiger partial charge in [-0.3, -0.25) is 0 Å². The van der Waals surface area contributed by atoms with Gasteiger partial charge in [-0.2, -0.15) is 0 Å². The van der Waals surface area contributed by atoms with Gasteiger partial charge in [0.05, 0.1) is 0 Å². The average molecular weight is 356 g/mol. The molecule has 2 N–H and O–H groups in total. The van der Waals surface area contributed by atoms with Crippen molar-refractivity contribution in [1.29, 1.82) is 0 Å². The Morgan fingerprint density at radius 3 is 2.52 bits per heavy atom. The molecule has 1 heterocycles. The molecule has 0 spiro atoms. The lowest BCUT2D eigenvalue weighted by Crippen LogP contribution is -2.55. The Labute approximate surface area is 150 Å². The number of aliphatic hydroxyl groups is 2. The molecule has 1 aliphatic carbocycles. The average Bonchev–Trinajstić information content (AvgIpc) is 2.87. The molecule has 1 saturated heterocycles. The van der Waals surface area contributed by atoms with Crippen molar-refractivity contribution >= 4 is 0 Å². The quantitative estimate of drug-likeness (QED) is 0.375. The third-order valence-corrected chi connectivity index (χ3v) is 4.76. The minimum absolute atomic E-state index is 0.132. The normalized spacial score (nSPS) is 34.1. The number of aliphatic hydroxyl groups excluding tert-OH is 2. The van der Waals surface area contributed by atoms with Gasteiger partial charge in [-0.15, -0.1) is 0 Å². The highest BCUT2D eigenvalue weighted by Crippen LogP contribution is 2.44. The van der Waals surface area contributed by atoms with Crippen molar-refractivity contribution in [3.8, 4) is 0 Å². The summed E-state index contributed by atoms with van der Waals surface area (Å²) in [5.74, 6) is -0.849. The molecule has 25 heavy (non-hydrogen) atoms. The summed E-state index contributed by atoms with van der Waals surface area (Å²) in [6, 6.07) is 0. The number of ether oxygens (including phenoxy) is 4. The van der Waals surface area contributed by atoms with Crippen LogP contribution in [0.1, 0.15) is 46.0 Å². The lowest BCUT2D eigenvalue weighted by Gasteiger charge is -2.37. The standard InChI is InChI=1S/C19H32O6/c1-18(2)24-17-14(20)11-12-15(21)19(17,25-18)13-9-7-5-6-8-10-16(22-3)23-4/h9,11-17,20-21H,5-8,10H2,1-4H3/b13-9-/t14-,15+,17+,19-/m0/s1. The Morgan fingerprint density at radius 1 is 1.12 bits per heavy atom. The van der Waals surface area contributed by atoms with Crippen LogP contribution in [0.4, 0.5) is 0 Å². The van der Waals surface area contributed by atoms with Crippen molar-refractivity contribution in [3.63, 3.8) is 0 Å². The van der Waals surface area contributed by atoms with E-state index in [1.807, 2.05) is 12.2 Å². The maximum absolute atomic E-state index is 10.5. The minimum Gasteiger partial charge on any atom is -0.386 e. The molecular formula is C19H32O6. The molecule has 2 rings (SSSR count). The molecule has 0 amide bonds. The van der Waals surface area contributed by atoms with Crippen LogP contribution in [-0.4, -0.2) is 60.4 Å². The highest BCUT2D eigenvalue weighted by molar-refractivity contribution is 5.26. The van der Waals surface area contributed by atoms with Gasteiger partial charge in [0.1, 0.15) is 23.9 Å². The fourth-order valence-electron chi connectivity index (χ4n) is 3.52. The second-order valence-electron chi connectivity index (χ2n) is 7.16. The molecule has 0 bridgehead atoms. The van der Waals surface area contributed by atoms with E-state index in [0.29, 0.717) is 0 Å². The molecule has 6 heteroatoms. The molecule has 0 unspecified atom stereocenters. The summed E-state index contributed by atoms with van der Waals surface area (Å²) in [7, 11) is 3.30. The predicted molar refractivity (Wildman–Crippen MR) is 94.0 cm³/mol. The molecule has 6 nitrogen and oxygen atoms in total. The van der Waals surface area contributed by atoms with Gasteiger partial charge in [0, 0.05) is 14.2 Å². The Hall–Kier alpha value is -0.760. The van der Waals surface area contributed by atoms with Gasteiger partial charge in [-0.25, -0.2) is 0 Å². The second-order valence-corrected chi connectivity index (χ2v) is 7.16. The number of rotatable bonds is 9. The van der Waals surface area contributed by atoms with Crippen LogP contribution in [0.5, 0.6) is 0 Å². The third kappa shape index (κ3) is 4.90. The Balaban J connectivity index is 1.86. The predicted octanol–water partition coefficient (Wildman–Crippen LogP) is 2.29. The van der Waals surface area contributed by atoms with Crippen LogP contribution in [0.15, 0.2) is 24.3 Å². The van der Waals surface area contributed by atoms with E-state index in [2.05, 4.69) is 0 Å². The second kappa shape index (κ2) is 8.75. The molecule has 0 radical (unpaired) electrons. The molecule has 1 aliphatic heterocycles. The van der Waals surface area contributed by atoms with Gasteiger partial charge < -0.3 is 29.2 Å². The van der Waals surface area contributed by atoms with Gasteiger partial charge in [-0.05, 0) is 39.5 Å². The third-order valence-electron chi connectivity index (χ3n) is 4.76. The highest BCUT2D eigenvalue weighted by atomic mass is 16.8. The monoisotopic (exact) mass is 356 g/mol. The van der Waals surface area contributed by atoms with Crippen molar-refractivity contribution in [1.82, 2.24) is 0 Å². The van der Waals surface area contributed by atoms with E-state index < -0.39 is 29.7 Å². The van der Waals surface area contributed by atoms with E-state index in [1.54, 1.807) is 40.2 Å². The zero-order valence-corrected chi connectivity index (χ0v) is 15.7. The van der Waals surface area contributed by atoms with Crippen molar-refractivity contribution < 1.29 is 29.2 Å². The number of unbranched alkanes of at least 4 members (excludes halogenated alkanes) is 3. The zero-order chi connectivity index (χ0) is 18.5. The first kappa shape index (κ1) is 20.6. The van der Waals surface area contributed by atoms with Crippen LogP contribution in [0, 0.1) is 0 Å². The van der Waals surface area contributed by atoms with Gasteiger partial charge >= 0.3 is 0 Å². The summed E-state index contributed by atoms with van der Waals surface area (Å²) in [5.41, 5.74) is -1.03. The Morgan fingerprint density at radius 2 is 1.84 bits per heavy atom. The lowest BCUT2D eigenvalue weighted by atomic mass is 9.82. The minimum atomic E-state index is -1.03. The van der Waals surface area contributed by atoms with Gasteiger partial charge in [-0.1, -0.05) is 30.7 Å². The molecule has 0 aromatic rings. The van der Waals surface area contributed by atoms with Crippen LogP contribution >= 0.6 is 0 Å². The first-order valence-corrected chi connectivity index (χ1v) is 9.00. The first-order valence-electron chi connectivity index (χ1n) is 9.00. The number of allylic oxidation sites excluding steroid dienone is 1.